The average Bonchev–Trinajstić information content (AvgIpc) is 2.64. The van der Waals surface area contributed by atoms with Gasteiger partial charge in [-0.2, -0.15) is 0 Å². The number of amides is 2. The number of hydrogen-bond donors (Lipinski definition) is 2. The van der Waals surface area contributed by atoms with Gasteiger partial charge >= 0.3 is 6.09 Å². The predicted octanol–water partition coefficient (Wildman–Crippen LogP) is 2.65. The maximum absolute atomic E-state index is 12.4. The Hall–Kier alpha value is -2.89. The van der Waals surface area contributed by atoms with E-state index in [1.807, 2.05) is 50.2 Å². The van der Waals surface area contributed by atoms with Crippen LogP contribution in [0.25, 0.3) is 0 Å². The molecule has 0 saturated heterocycles. The van der Waals surface area contributed by atoms with E-state index in [-0.39, 0.29) is 18.4 Å². The summed E-state index contributed by atoms with van der Waals surface area (Å²) in [5, 5.41) is 5.44. The topological polar surface area (TPSA) is 80.3 Å². The van der Waals surface area contributed by atoms with Crippen LogP contribution in [-0.2, 0) is 22.7 Å². The van der Waals surface area contributed by atoms with E-state index in [9.17, 15) is 9.59 Å². The second-order valence-electron chi connectivity index (χ2n) is 6.01. The monoisotopic (exact) mass is 341 g/mol. The van der Waals surface area contributed by atoms with Gasteiger partial charge in [0, 0.05) is 18.9 Å². The summed E-state index contributed by atoms with van der Waals surface area (Å²) in [5.41, 5.74) is 1.78. The van der Waals surface area contributed by atoms with Crippen LogP contribution < -0.4 is 10.6 Å². The van der Waals surface area contributed by atoms with Gasteiger partial charge in [0.25, 0.3) is 0 Å². The molecule has 132 valence electrons. The summed E-state index contributed by atoms with van der Waals surface area (Å²) in [6, 6.07) is 12.4. The quantitative estimate of drug-likeness (QED) is 0.811. The highest BCUT2D eigenvalue weighted by molar-refractivity contribution is 5.85. The zero-order chi connectivity index (χ0) is 18.1. The van der Waals surface area contributed by atoms with Gasteiger partial charge in [-0.25, -0.2) is 4.79 Å². The number of ether oxygens (including phenoxy) is 1. The van der Waals surface area contributed by atoms with Crippen molar-refractivity contribution in [1.29, 1.82) is 0 Å². The third-order valence-electron chi connectivity index (χ3n) is 3.62. The van der Waals surface area contributed by atoms with E-state index >= 15 is 0 Å². The molecule has 0 aliphatic heterocycles. The Morgan fingerprint density at radius 2 is 1.80 bits per heavy atom. The average molecular weight is 341 g/mol. The number of nitrogens with one attached hydrogen (secondary N) is 2. The second kappa shape index (κ2) is 9.42. The number of alkyl carbamates (subject to hydrolysis) is 1. The minimum absolute atomic E-state index is 0.0711. The van der Waals surface area contributed by atoms with E-state index in [0.29, 0.717) is 6.54 Å². The Morgan fingerprint density at radius 3 is 2.44 bits per heavy atom. The van der Waals surface area contributed by atoms with Crippen LogP contribution in [0.4, 0.5) is 4.79 Å². The van der Waals surface area contributed by atoms with E-state index < -0.39 is 12.1 Å². The molecule has 6 nitrogen and oxygen atoms in total. The molecule has 0 bridgehead atoms. The molecule has 0 fully saturated rings. The van der Waals surface area contributed by atoms with Crippen LogP contribution in [0.3, 0.4) is 0 Å². The van der Waals surface area contributed by atoms with Crippen molar-refractivity contribution in [3.05, 3.63) is 66.0 Å². The van der Waals surface area contributed by atoms with E-state index in [4.69, 9.17) is 4.74 Å². The molecule has 1 aromatic carbocycles. The first-order valence-corrected chi connectivity index (χ1v) is 8.20. The molecule has 1 heterocycles. The lowest BCUT2D eigenvalue weighted by atomic mass is 10.0. The van der Waals surface area contributed by atoms with Gasteiger partial charge in [0.15, 0.2) is 0 Å². The fourth-order valence-electron chi connectivity index (χ4n) is 2.23. The molecule has 0 spiro atoms. The Labute approximate surface area is 147 Å². The zero-order valence-corrected chi connectivity index (χ0v) is 14.4. The molecule has 0 saturated carbocycles. The van der Waals surface area contributed by atoms with Crippen molar-refractivity contribution in [2.75, 3.05) is 0 Å². The summed E-state index contributed by atoms with van der Waals surface area (Å²) < 4.78 is 5.18. The Bertz CT molecular complexity index is 675. The third-order valence-corrected chi connectivity index (χ3v) is 3.62. The molecular formula is C19H23N3O3. The van der Waals surface area contributed by atoms with Crippen LogP contribution >= 0.6 is 0 Å². The standard InChI is InChI=1S/C19H23N3O3/c1-14(2)17(18(23)21-12-16-9-6-10-20-11-16)22-19(24)25-13-15-7-4-3-5-8-15/h3-11,14,17H,12-13H2,1-2H3,(H,21,23)(H,22,24)/t17-/m0/s1. The molecule has 0 unspecified atom stereocenters. The van der Waals surface area contributed by atoms with Crippen molar-refractivity contribution >= 4 is 12.0 Å². The number of pyridine rings is 1. The van der Waals surface area contributed by atoms with Crippen molar-refractivity contribution in [2.24, 2.45) is 5.92 Å². The normalized spacial score (nSPS) is 11.6. The molecule has 0 aliphatic rings. The van der Waals surface area contributed by atoms with Gasteiger partial charge in [0.2, 0.25) is 5.91 Å². The Balaban J connectivity index is 1.84. The molecule has 1 atom stereocenters. The molecule has 2 amide bonds. The summed E-state index contributed by atoms with van der Waals surface area (Å²) in [6.07, 6.45) is 2.75. The molecule has 6 heteroatoms. The SMILES string of the molecule is CC(C)[C@H](NC(=O)OCc1ccccc1)C(=O)NCc1cccnc1. The molecule has 1 aromatic heterocycles. The van der Waals surface area contributed by atoms with Crippen LogP contribution in [0.1, 0.15) is 25.0 Å². The van der Waals surface area contributed by atoms with Crippen molar-refractivity contribution in [3.63, 3.8) is 0 Å². The molecule has 2 N–H and O–H groups in total. The molecule has 25 heavy (non-hydrogen) atoms. The van der Waals surface area contributed by atoms with Crippen molar-refractivity contribution in [2.45, 2.75) is 33.0 Å². The summed E-state index contributed by atoms with van der Waals surface area (Å²) in [5.74, 6) is -0.325. The lowest BCUT2D eigenvalue weighted by Gasteiger charge is -2.21. The Morgan fingerprint density at radius 1 is 1.08 bits per heavy atom. The second-order valence-corrected chi connectivity index (χ2v) is 6.01. The minimum Gasteiger partial charge on any atom is -0.445 e. The van der Waals surface area contributed by atoms with Gasteiger partial charge < -0.3 is 15.4 Å². The molecule has 0 aliphatic carbocycles. The number of carbonyl (C=O) groups excluding carboxylic acids is 2. The number of carbonyl (C=O) groups is 2. The van der Waals surface area contributed by atoms with Gasteiger partial charge in [-0.1, -0.05) is 50.2 Å². The van der Waals surface area contributed by atoms with E-state index in [1.165, 1.54) is 0 Å². The fourth-order valence-corrected chi connectivity index (χ4v) is 2.23. The summed E-state index contributed by atoms with van der Waals surface area (Å²) in [6.45, 7) is 4.25. The molecule has 0 radical (unpaired) electrons. The highest BCUT2D eigenvalue weighted by Crippen LogP contribution is 2.05. The lowest BCUT2D eigenvalue weighted by molar-refractivity contribution is -0.124. The van der Waals surface area contributed by atoms with Gasteiger partial charge in [0.05, 0.1) is 0 Å². The van der Waals surface area contributed by atoms with Crippen LogP contribution in [0.2, 0.25) is 0 Å². The zero-order valence-electron chi connectivity index (χ0n) is 14.4. The van der Waals surface area contributed by atoms with Crippen LogP contribution in [0.5, 0.6) is 0 Å². The summed E-state index contributed by atoms with van der Waals surface area (Å²) in [7, 11) is 0. The van der Waals surface area contributed by atoms with E-state index in [1.54, 1.807) is 18.5 Å². The number of aromatic nitrogens is 1. The maximum atomic E-state index is 12.4. The number of hydrogen-bond acceptors (Lipinski definition) is 4. The molecule has 2 aromatic rings. The van der Waals surface area contributed by atoms with Crippen molar-refractivity contribution < 1.29 is 14.3 Å². The first-order chi connectivity index (χ1) is 12.1. The van der Waals surface area contributed by atoms with Crippen molar-refractivity contribution in [3.8, 4) is 0 Å². The summed E-state index contributed by atoms with van der Waals surface area (Å²) in [4.78, 5) is 28.4. The van der Waals surface area contributed by atoms with E-state index in [0.717, 1.165) is 11.1 Å². The van der Waals surface area contributed by atoms with Gasteiger partial charge in [-0.3, -0.25) is 9.78 Å². The van der Waals surface area contributed by atoms with Crippen molar-refractivity contribution in [1.82, 2.24) is 15.6 Å². The van der Waals surface area contributed by atoms with Gasteiger partial charge in [-0.15, -0.1) is 0 Å². The predicted molar refractivity (Wildman–Crippen MR) is 94.5 cm³/mol. The highest BCUT2D eigenvalue weighted by Gasteiger charge is 2.24. The maximum Gasteiger partial charge on any atom is 0.408 e. The lowest BCUT2D eigenvalue weighted by Crippen LogP contribution is -2.49. The minimum atomic E-state index is -0.667. The van der Waals surface area contributed by atoms with Gasteiger partial charge in [0.1, 0.15) is 12.6 Å². The van der Waals surface area contributed by atoms with Crippen LogP contribution in [0, 0.1) is 5.92 Å². The fraction of sp³-hybridized carbons (Fsp3) is 0.316. The smallest absolute Gasteiger partial charge is 0.408 e. The van der Waals surface area contributed by atoms with Gasteiger partial charge in [-0.05, 0) is 23.1 Å². The molecule has 2 rings (SSSR count). The van der Waals surface area contributed by atoms with Crippen LogP contribution in [0.15, 0.2) is 54.9 Å². The number of rotatable bonds is 7. The largest absolute Gasteiger partial charge is 0.445 e. The molecular weight excluding hydrogens is 318 g/mol. The first kappa shape index (κ1) is 18.4. The van der Waals surface area contributed by atoms with E-state index in [2.05, 4.69) is 15.6 Å². The first-order valence-electron chi connectivity index (χ1n) is 8.20. The van der Waals surface area contributed by atoms with Crippen LogP contribution in [-0.4, -0.2) is 23.0 Å². The summed E-state index contributed by atoms with van der Waals surface area (Å²) >= 11 is 0. The number of nitrogens with zero attached hydrogens (tertiary/aromatic N) is 1. The Kier molecular flexibility index (Phi) is 6.95. The third kappa shape index (κ3) is 6.25. The number of benzene rings is 1. The highest BCUT2D eigenvalue weighted by atomic mass is 16.5.